The Bertz CT molecular complexity index is 781. The smallest absolute Gasteiger partial charge is 0.341 e. The summed E-state index contributed by atoms with van der Waals surface area (Å²) in [5.74, 6) is 0.0416. The molecule has 1 saturated carbocycles. The molecule has 1 amide bonds. The van der Waals surface area contributed by atoms with E-state index in [0.29, 0.717) is 17.2 Å². The first-order valence-electron chi connectivity index (χ1n) is 7.95. The quantitative estimate of drug-likeness (QED) is 0.809. The Morgan fingerprint density at radius 2 is 1.80 bits per heavy atom. The van der Waals surface area contributed by atoms with Crippen LogP contribution >= 0.6 is 0 Å². The van der Waals surface area contributed by atoms with Gasteiger partial charge in [-0.25, -0.2) is 4.79 Å². The highest BCUT2D eigenvalue weighted by atomic mass is 16.5. The summed E-state index contributed by atoms with van der Waals surface area (Å²) >= 11 is 0. The van der Waals surface area contributed by atoms with E-state index >= 15 is 0 Å². The van der Waals surface area contributed by atoms with Gasteiger partial charge in [-0.1, -0.05) is 18.2 Å². The summed E-state index contributed by atoms with van der Waals surface area (Å²) in [5.41, 5.74) is 0.982. The number of hydrogen-bond acceptors (Lipinski definition) is 4. The number of benzene rings is 2. The largest absolute Gasteiger partial charge is 0.496 e. The number of rotatable bonds is 7. The molecule has 0 saturated heterocycles. The summed E-state index contributed by atoms with van der Waals surface area (Å²) in [5, 5.41) is 11.5. The molecule has 0 bridgehead atoms. The lowest BCUT2D eigenvalue weighted by molar-refractivity contribution is -0.139. The van der Waals surface area contributed by atoms with E-state index in [0.717, 1.165) is 18.4 Å². The molecule has 2 aromatic rings. The maximum absolute atomic E-state index is 12.8. The van der Waals surface area contributed by atoms with Gasteiger partial charge in [0.25, 0.3) is 0 Å². The second kappa shape index (κ2) is 6.84. The number of hydrogen-bond donors (Lipinski definition) is 2. The van der Waals surface area contributed by atoms with Crippen molar-refractivity contribution in [3.05, 3.63) is 54.1 Å². The van der Waals surface area contributed by atoms with Gasteiger partial charge in [0, 0.05) is 11.3 Å². The molecular formula is C19H19NO5. The van der Waals surface area contributed by atoms with E-state index in [1.807, 2.05) is 24.3 Å². The van der Waals surface area contributed by atoms with E-state index in [1.165, 1.54) is 0 Å². The second-order valence-electron chi connectivity index (χ2n) is 5.94. The predicted octanol–water partition coefficient (Wildman–Crippen LogP) is 2.83. The normalized spacial score (nSPS) is 14.4. The maximum atomic E-state index is 12.8. The lowest BCUT2D eigenvalue weighted by atomic mass is 9.94. The maximum Gasteiger partial charge on any atom is 0.341 e. The molecule has 1 aliphatic rings. The number of para-hydroxylation sites is 1. The third kappa shape index (κ3) is 3.57. The zero-order chi connectivity index (χ0) is 17.9. The molecule has 1 fully saturated rings. The number of carbonyl (C=O) groups is 2. The number of amides is 1. The molecule has 0 atom stereocenters. The van der Waals surface area contributed by atoms with Crippen LogP contribution in [0.4, 0.5) is 5.69 Å². The number of methoxy groups -OCH3 is 1. The van der Waals surface area contributed by atoms with Gasteiger partial charge in [0.2, 0.25) is 5.91 Å². The third-order valence-corrected chi connectivity index (χ3v) is 4.28. The highest BCUT2D eigenvalue weighted by Gasteiger charge is 2.52. The second-order valence-corrected chi connectivity index (χ2v) is 5.94. The molecule has 2 N–H and O–H groups in total. The van der Waals surface area contributed by atoms with E-state index in [1.54, 1.807) is 31.4 Å². The summed E-state index contributed by atoms with van der Waals surface area (Å²) in [7, 11) is 1.60. The monoisotopic (exact) mass is 341 g/mol. The van der Waals surface area contributed by atoms with Crippen LogP contribution in [-0.2, 0) is 15.0 Å². The third-order valence-electron chi connectivity index (χ3n) is 4.28. The Labute approximate surface area is 145 Å². The molecule has 0 unspecified atom stereocenters. The van der Waals surface area contributed by atoms with Crippen molar-refractivity contribution in [2.75, 3.05) is 19.0 Å². The van der Waals surface area contributed by atoms with Crippen molar-refractivity contribution in [2.45, 2.75) is 18.3 Å². The van der Waals surface area contributed by atoms with E-state index < -0.39 is 18.0 Å². The minimum absolute atomic E-state index is 0.0730. The summed E-state index contributed by atoms with van der Waals surface area (Å²) in [6.07, 6.45) is 1.55. The highest BCUT2D eigenvalue weighted by molar-refractivity contribution is 6.01. The average molecular weight is 341 g/mol. The molecule has 0 heterocycles. The van der Waals surface area contributed by atoms with Crippen LogP contribution < -0.4 is 14.8 Å². The predicted molar refractivity (Wildman–Crippen MR) is 92.1 cm³/mol. The van der Waals surface area contributed by atoms with Gasteiger partial charge in [-0.3, -0.25) is 4.79 Å². The number of ether oxygens (including phenoxy) is 2. The van der Waals surface area contributed by atoms with Crippen LogP contribution in [0.3, 0.4) is 0 Å². The van der Waals surface area contributed by atoms with Gasteiger partial charge in [0.15, 0.2) is 6.61 Å². The van der Waals surface area contributed by atoms with Crippen molar-refractivity contribution < 1.29 is 24.2 Å². The number of nitrogens with one attached hydrogen (secondary N) is 1. The molecule has 0 radical (unpaired) electrons. The Morgan fingerprint density at radius 3 is 2.40 bits per heavy atom. The first-order chi connectivity index (χ1) is 12.0. The number of carboxylic acid groups (broad SMARTS) is 1. The Morgan fingerprint density at radius 1 is 1.12 bits per heavy atom. The van der Waals surface area contributed by atoms with Crippen LogP contribution in [-0.4, -0.2) is 30.7 Å². The van der Waals surface area contributed by atoms with Gasteiger partial charge in [0.05, 0.1) is 12.5 Å². The molecule has 3 rings (SSSR count). The van der Waals surface area contributed by atoms with Crippen LogP contribution in [0.15, 0.2) is 48.5 Å². The SMILES string of the molecule is COc1ccccc1C1(C(=O)Nc2ccc(OCC(=O)O)cc2)CC1. The number of aliphatic carboxylic acids is 1. The minimum atomic E-state index is -1.04. The Kier molecular flexibility index (Phi) is 4.61. The van der Waals surface area contributed by atoms with Crippen molar-refractivity contribution in [3.63, 3.8) is 0 Å². The number of anilines is 1. The van der Waals surface area contributed by atoms with Gasteiger partial charge in [-0.2, -0.15) is 0 Å². The van der Waals surface area contributed by atoms with Crippen molar-refractivity contribution in [2.24, 2.45) is 0 Å². The first-order valence-corrected chi connectivity index (χ1v) is 7.95. The molecule has 6 nitrogen and oxygen atoms in total. The molecule has 0 aromatic heterocycles. The van der Waals surface area contributed by atoms with Gasteiger partial charge in [-0.15, -0.1) is 0 Å². The van der Waals surface area contributed by atoms with Crippen LogP contribution in [0.2, 0.25) is 0 Å². The molecule has 130 valence electrons. The van der Waals surface area contributed by atoms with Crippen LogP contribution in [0, 0.1) is 0 Å². The zero-order valence-corrected chi connectivity index (χ0v) is 13.8. The van der Waals surface area contributed by atoms with Crippen molar-refractivity contribution in [3.8, 4) is 11.5 Å². The molecule has 6 heteroatoms. The van der Waals surface area contributed by atoms with Crippen molar-refractivity contribution in [1.29, 1.82) is 0 Å². The average Bonchev–Trinajstić information content (AvgIpc) is 3.43. The summed E-state index contributed by atoms with van der Waals surface area (Å²) in [6, 6.07) is 14.2. The van der Waals surface area contributed by atoms with Gasteiger partial charge in [-0.05, 0) is 43.2 Å². The zero-order valence-electron chi connectivity index (χ0n) is 13.8. The Hall–Kier alpha value is -3.02. The molecule has 0 spiro atoms. The van der Waals surface area contributed by atoms with Crippen molar-refractivity contribution in [1.82, 2.24) is 0 Å². The van der Waals surface area contributed by atoms with Gasteiger partial charge in [0.1, 0.15) is 11.5 Å². The molecular weight excluding hydrogens is 322 g/mol. The summed E-state index contributed by atoms with van der Waals surface area (Å²) in [6.45, 7) is -0.400. The van der Waals surface area contributed by atoms with E-state index in [9.17, 15) is 9.59 Å². The fourth-order valence-corrected chi connectivity index (χ4v) is 2.81. The minimum Gasteiger partial charge on any atom is -0.496 e. The molecule has 25 heavy (non-hydrogen) atoms. The molecule has 2 aromatic carbocycles. The number of carboxylic acids is 1. The van der Waals surface area contributed by atoms with Gasteiger partial charge >= 0.3 is 5.97 Å². The Balaban J connectivity index is 1.71. The molecule has 0 aliphatic heterocycles. The van der Waals surface area contributed by atoms with Crippen LogP contribution in [0.25, 0.3) is 0 Å². The van der Waals surface area contributed by atoms with E-state index in [4.69, 9.17) is 14.6 Å². The standard InChI is InChI=1S/C19H19NO5/c1-24-16-5-3-2-4-15(16)19(10-11-19)18(23)20-13-6-8-14(9-7-13)25-12-17(21)22/h2-9H,10-12H2,1H3,(H,20,23)(H,21,22). The van der Waals surface area contributed by atoms with E-state index in [2.05, 4.69) is 5.32 Å². The fourth-order valence-electron chi connectivity index (χ4n) is 2.81. The lowest BCUT2D eigenvalue weighted by Crippen LogP contribution is -2.28. The first kappa shape index (κ1) is 16.8. The lowest BCUT2D eigenvalue weighted by Gasteiger charge is -2.18. The van der Waals surface area contributed by atoms with Crippen LogP contribution in [0.5, 0.6) is 11.5 Å². The summed E-state index contributed by atoms with van der Waals surface area (Å²) in [4.78, 5) is 23.3. The number of carbonyl (C=O) groups excluding carboxylic acids is 1. The molecule has 1 aliphatic carbocycles. The van der Waals surface area contributed by atoms with Crippen LogP contribution in [0.1, 0.15) is 18.4 Å². The summed E-state index contributed by atoms with van der Waals surface area (Å²) < 4.78 is 10.5. The van der Waals surface area contributed by atoms with E-state index in [-0.39, 0.29) is 5.91 Å². The topological polar surface area (TPSA) is 84.9 Å². The highest BCUT2D eigenvalue weighted by Crippen LogP contribution is 2.51. The fraction of sp³-hybridized carbons (Fsp3) is 0.263. The van der Waals surface area contributed by atoms with Crippen molar-refractivity contribution >= 4 is 17.6 Å². The van der Waals surface area contributed by atoms with Gasteiger partial charge < -0.3 is 19.9 Å².